The minimum Gasteiger partial charge on any atom is -0.382 e. The number of nitrogens with one attached hydrogen (secondary N) is 1. The average molecular weight is 281 g/mol. The Balaban J connectivity index is 1.73. The van der Waals surface area contributed by atoms with Crippen molar-refractivity contribution < 1.29 is 9.53 Å². The lowest BCUT2D eigenvalue weighted by Crippen LogP contribution is -2.40. The zero-order valence-electron chi connectivity index (χ0n) is 12.0. The highest BCUT2D eigenvalue weighted by Gasteiger charge is 2.24. The van der Waals surface area contributed by atoms with Gasteiger partial charge in [-0.3, -0.25) is 4.79 Å². The first-order valence-corrected chi connectivity index (χ1v) is 7.37. The van der Waals surface area contributed by atoms with Crippen LogP contribution >= 0.6 is 0 Å². The number of ether oxygens (including phenoxy) is 1. The van der Waals surface area contributed by atoms with Crippen LogP contribution in [0.15, 0.2) is 0 Å². The Kier molecular flexibility index (Phi) is 5.91. The van der Waals surface area contributed by atoms with Gasteiger partial charge in [0, 0.05) is 39.1 Å². The Hall–Kier alpha value is -1.50. The monoisotopic (exact) mass is 281 g/mol. The molecule has 2 heterocycles. The van der Waals surface area contributed by atoms with Gasteiger partial charge >= 0.3 is 0 Å². The van der Waals surface area contributed by atoms with E-state index < -0.39 is 0 Å². The average Bonchev–Trinajstić information content (AvgIpc) is 2.96. The van der Waals surface area contributed by atoms with Gasteiger partial charge in [0.1, 0.15) is 0 Å². The van der Waals surface area contributed by atoms with Crippen LogP contribution in [-0.4, -0.2) is 57.7 Å². The van der Waals surface area contributed by atoms with E-state index in [1.54, 1.807) is 0 Å². The van der Waals surface area contributed by atoms with Crippen molar-refractivity contribution in [2.75, 3.05) is 26.3 Å². The number of carbonyl (C=O) groups excluding carboxylic acids is 1. The highest BCUT2D eigenvalue weighted by molar-refractivity contribution is 5.76. The van der Waals surface area contributed by atoms with E-state index in [0.717, 1.165) is 44.6 Å². The van der Waals surface area contributed by atoms with Crippen LogP contribution in [0.1, 0.15) is 38.4 Å². The largest absolute Gasteiger partial charge is 0.382 e. The molecule has 1 atom stereocenters. The van der Waals surface area contributed by atoms with Gasteiger partial charge in [-0.2, -0.15) is 5.21 Å². The van der Waals surface area contributed by atoms with Crippen LogP contribution in [-0.2, 0) is 16.0 Å². The van der Waals surface area contributed by atoms with Crippen molar-refractivity contribution in [2.45, 2.75) is 39.0 Å². The molecule has 1 aromatic heterocycles. The molecular weight excluding hydrogens is 258 g/mol. The lowest BCUT2D eigenvalue weighted by Gasteiger charge is -2.32. The number of aromatic amines is 1. The second-order valence-electron chi connectivity index (χ2n) is 5.18. The number of hydrogen-bond acceptors (Lipinski definition) is 5. The van der Waals surface area contributed by atoms with E-state index in [1.165, 1.54) is 0 Å². The van der Waals surface area contributed by atoms with Crippen molar-refractivity contribution in [2.24, 2.45) is 5.92 Å². The predicted molar refractivity (Wildman–Crippen MR) is 72.9 cm³/mol. The van der Waals surface area contributed by atoms with Crippen molar-refractivity contribution >= 4 is 5.91 Å². The van der Waals surface area contributed by atoms with Crippen LogP contribution in [0.4, 0.5) is 0 Å². The van der Waals surface area contributed by atoms with E-state index >= 15 is 0 Å². The van der Waals surface area contributed by atoms with E-state index in [1.807, 2.05) is 11.8 Å². The maximum Gasteiger partial charge on any atom is 0.222 e. The number of piperidine rings is 1. The SMILES string of the molecule is CCOCCCC(=O)N1CCCC(Cc2nn[nH]n2)C1. The number of rotatable bonds is 7. The molecule has 0 aromatic carbocycles. The minimum atomic E-state index is 0.238. The zero-order chi connectivity index (χ0) is 14.2. The second-order valence-corrected chi connectivity index (χ2v) is 5.18. The smallest absolute Gasteiger partial charge is 0.222 e. The van der Waals surface area contributed by atoms with Crippen LogP contribution < -0.4 is 0 Å². The zero-order valence-corrected chi connectivity index (χ0v) is 12.0. The topological polar surface area (TPSA) is 84.0 Å². The first-order valence-electron chi connectivity index (χ1n) is 7.37. The number of tetrazole rings is 1. The highest BCUT2D eigenvalue weighted by atomic mass is 16.5. The molecule has 0 aliphatic carbocycles. The van der Waals surface area contributed by atoms with Gasteiger partial charge in [-0.15, -0.1) is 10.2 Å². The van der Waals surface area contributed by atoms with Gasteiger partial charge in [-0.05, 0) is 32.1 Å². The summed E-state index contributed by atoms with van der Waals surface area (Å²) < 4.78 is 5.26. The maximum absolute atomic E-state index is 12.1. The van der Waals surface area contributed by atoms with Gasteiger partial charge in [-0.1, -0.05) is 5.21 Å². The van der Waals surface area contributed by atoms with Crippen molar-refractivity contribution in [3.05, 3.63) is 5.82 Å². The number of nitrogens with zero attached hydrogens (tertiary/aromatic N) is 4. The molecule has 0 bridgehead atoms. The fraction of sp³-hybridized carbons (Fsp3) is 0.846. The van der Waals surface area contributed by atoms with Crippen LogP contribution in [0.5, 0.6) is 0 Å². The molecule has 20 heavy (non-hydrogen) atoms. The Morgan fingerprint density at radius 3 is 3.20 bits per heavy atom. The molecule has 0 radical (unpaired) electrons. The first-order chi connectivity index (χ1) is 9.79. The molecule has 1 fully saturated rings. The summed E-state index contributed by atoms with van der Waals surface area (Å²) in [6, 6.07) is 0. The molecule has 0 saturated carbocycles. The quantitative estimate of drug-likeness (QED) is 0.747. The van der Waals surface area contributed by atoms with E-state index in [4.69, 9.17) is 4.74 Å². The summed E-state index contributed by atoms with van der Waals surface area (Å²) in [4.78, 5) is 14.1. The number of carbonyl (C=O) groups is 1. The first kappa shape index (κ1) is 14.9. The fourth-order valence-electron chi connectivity index (χ4n) is 2.61. The molecule has 1 amide bonds. The summed E-state index contributed by atoms with van der Waals surface area (Å²) in [6.45, 7) is 5.03. The molecule has 7 nitrogen and oxygen atoms in total. The normalized spacial score (nSPS) is 19.2. The molecule has 1 saturated heterocycles. The lowest BCUT2D eigenvalue weighted by molar-refractivity contribution is -0.133. The molecule has 1 unspecified atom stereocenters. The van der Waals surface area contributed by atoms with Crippen LogP contribution in [0.25, 0.3) is 0 Å². The molecule has 1 aliphatic rings. The minimum absolute atomic E-state index is 0.238. The molecule has 1 N–H and O–H groups in total. The van der Waals surface area contributed by atoms with E-state index in [2.05, 4.69) is 20.6 Å². The summed E-state index contributed by atoms with van der Waals surface area (Å²) in [7, 11) is 0. The molecule has 0 spiro atoms. The number of amides is 1. The lowest BCUT2D eigenvalue weighted by atomic mass is 9.94. The summed E-state index contributed by atoms with van der Waals surface area (Å²) in [5, 5.41) is 14.0. The van der Waals surface area contributed by atoms with Crippen molar-refractivity contribution in [3.8, 4) is 0 Å². The van der Waals surface area contributed by atoms with Gasteiger partial charge < -0.3 is 9.64 Å². The Morgan fingerprint density at radius 2 is 2.45 bits per heavy atom. The molecule has 2 rings (SSSR count). The number of hydrogen-bond donors (Lipinski definition) is 1. The number of likely N-dealkylation sites (tertiary alicyclic amines) is 1. The number of H-pyrrole nitrogens is 1. The summed E-state index contributed by atoms with van der Waals surface area (Å²) in [5.41, 5.74) is 0. The van der Waals surface area contributed by atoms with Crippen molar-refractivity contribution in [1.29, 1.82) is 0 Å². The standard InChI is InChI=1S/C13H23N5O2/c1-2-20-8-4-6-13(19)18-7-3-5-11(10-18)9-12-14-16-17-15-12/h11H,2-10H2,1H3,(H,14,15,16,17). The molecule has 112 valence electrons. The maximum atomic E-state index is 12.1. The van der Waals surface area contributed by atoms with Gasteiger partial charge in [0.25, 0.3) is 0 Å². The van der Waals surface area contributed by atoms with E-state index in [9.17, 15) is 4.79 Å². The van der Waals surface area contributed by atoms with Crippen LogP contribution in [0.2, 0.25) is 0 Å². The Labute approximate surface area is 119 Å². The summed E-state index contributed by atoms with van der Waals surface area (Å²) in [5.74, 6) is 1.42. The summed E-state index contributed by atoms with van der Waals surface area (Å²) in [6.07, 6.45) is 4.35. The van der Waals surface area contributed by atoms with Gasteiger partial charge in [0.2, 0.25) is 5.91 Å². The third kappa shape index (κ3) is 4.56. The molecule has 1 aliphatic heterocycles. The molecule has 7 heteroatoms. The van der Waals surface area contributed by atoms with E-state index in [0.29, 0.717) is 25.6 Å². The van der Waals surface area contributed by atoms with Crippen molar-refractivity contribution in [1.82, 2.24) is 25.5 Å². The van der Waals surface area contributed by atoms with Gasteiger partial charge in [-0.25, -0.2) is 0 Å². The van der Waals surface area contributed by atoms with Gasteiger partial charge in [0.05, 0.1) is 0 Å². The Morgan fingerprint density at radius 1 is 1.55 bits per heavy atom. The Bertz CT molecular complexity index is 395. The predicted octanol–water partition coefficient (Wildman–Crippen LogP) is 0.797. The van der Waals surface area contributed by atoms with Crippen LogP contribution in [0.3, 0.4) is 0 Å². The third-order valence-corrected chi connectivity index (χ3v) is 3.62. The van der Waals surface area contributed by atoms with Gasteiger partial charge in [0.15, 0.2) is 5.82 Å². The van der Waals surface area contributed by atoms with Crippen LogP contribution in [0, 0.1) is 5.92 Å². The highest BCUT2D eigenvalue weighted by Crippen LogP contribution is 2.20. The summed E-state index contributed by atoms with van der Waals surface area (Å²) >= 11 is 0. The number of aromatic nitrogens is 4. The van der Waals surface area contributed by atoms with Crippen molar-refractivity contribution in [3.63, 3.8) is 0 Å². The fourth-order valence-corrected chi connectivity index (χ4v) is 2.61. The van der Waals surface area contributed by atoms with E-state index in [-0.39, 0.29) is 5.91 Å². The second kappa shape index (κ2) is 7.94. The molecule has 1 aromatic rings. The third-order valence-electron chi connectivity index (χ3n) is 3.62. The molecular formula is C13H23N5O2.